The second-order valence-corrected chi connectivity index (χ2v) is 5.50. The lowest BCUT2D eigenvalue weighted by Crippen LogP contribution is -1.93. The molecule has 0 N–H and O–H groups in total. The van der Waals surface area contributed by atoms with E-state index in [1.165, 1.54) is 0 Å². The van der Waals surface area contributed by atoms with Crippen LogP contribution >= 0.6 is 23.2 Å². The molecule has 0 amide bonds. The largest absolute Gasteiger partial charge is 0.352 e. The molecule has 4 heteroatoms. The third-order valence-electron chi connectivity index (χ3n) is 3.47. The van der Waals surface area contributed by atoms with Crippen molar-refractivity contribution in [2.75, 3.05) is 0 Å². The van der Waals surface area contributed by atoms with E-state index in [1.54, 1.807) is 18.2 Å². The highest BCUT2D eigenvalue weighted by molar-refractivity contribution is 6.42. The molecule has 2 nitrogen and oxygen atoms in total. The maximum Gasteiger partial charge on any atom is 0.0998 e. The van der Waals surface area contributed by atoms with Crippen molar-refractivity contribution in [2.45, 2.75) is 13.8 Å². The van der Waals surface area contributed by atoms with Gasteiger partial charge in [0.15, 0.2) is 0 Å². The summed E-state index contributed by atoms with van der Waals surface area (Å²) in [4.78, 5) is 0. The van der Waals surface area contributed by atoms with E-state index in [1.807, 2.05) is 27.0 Å². The summed E-state index contributed by atoms with van der Waals surface area (Å²) in [5, 5.41) is 10.3. The Kier molecular flexibility index (Phi) is 4.23. The first kappa shape index (κ1) is 14.7. The highest BCUT2D eigenvalue weighted by Crippen LogP contribution is 2.27. The Balaban J connectivity index is 2.51. The van der Waals surface area contributed by atoms with Gasteiger partial charge in [0.1, 0.15) is 0 Å². The number of hydrogen-bond donors (Lipinski definition) is 0. The summed E-state index contributed by atoms with van der Waals surface area (Å²) in [6.45, 7) is 4.07. The Bertz CT molecular complexity index is 734. The average Bonchev–Trinajstić information content (AvgIpc) is 2.67. The van der Waals surface area contributed by atoms with Crippen molar-refractivity contribution in [1.29, 1.82) is 5.26 Å². The van der Waals surface area contributed by atoms with Crippen molar-refractivity contribution in [3.63, 3.8) is 0 Å². The Morgan fingerprint density at radius 1 is 1.20 bits per heavy atom. The molecule has 1 aromatic carbocycles. The minimum Gasteiger partial charge on any atom is -0.352 e. The second-order valence-electron chi connectivity index (χ2n) is 4.68. The number of aryl methyl sites for hydroxylation is 1. The van der Waals surface area contributed by atoms with Gasteiger partial charge >= 0.3 is 0 Å². The Morgan fingerprint density at radius 2 is 1.90 bits per heavy atom. The van der Waals surface area contributed by atoms with Crippen LogP contribution in [0.2, 0.25) is 10.0 Å². The lowest BCUT2D eigenvalue weighted by atomic mass is 10.0. The predicted molar refractivity (Wildman–Crippen MR) is 84.8 cm³/mol. The van der Waals surface area contributed by atoms with E-state index in [0.717, 1.165) is 22.5 Å². The number of hydrogen-bond acceptors (Lipinski definition) is 1. The molecule has 0 aliphatic heterocycles. The molecule has 1 aromatic heterocycles. The molecule has 0 saturated heterocycles. The van der Waals surface area contributed by atoms with E-state index >= 15 is 0 Å². The molecule has 2 aromatic rings. The molecule has 0 aliphatic rings. The number of nitrogens with zero attached hydrogens (tertiary/aromatic N) is 2. The molecule has 0 atom stereocenters. The molecule has 20 heavy (non-hydrogen) atoms. The summed E-state index contributed by atoms with van der Waals surface area (Å²) >= 11 is 11.9. The number of nitriles is 1. The molecular weight excluding hydrogens is 291 g/mol. The van der Waals surface area contributed by atoms with Gasteiger partial charge in [-0.2, -0.15) is 5.26 Å². The smallest absolute Gasteiger partial charge is 0.0998 e. The van der Waals surface area contributed by atoms with Gasteiger partial charge in [-0.1, -0.05) is 29.3 Å². The van der Waals surface area contributed by atoms with Crippen LogP contribution in [-0.2, 0) is 7.05 Å². The van der Waals surface area contributed by atoms with E-state index in [9.17, 15) is 5.26 Å². The summed E-state index contributed by atoms with van der Waals surface area (Å²) in [6.07, 6.45) is 1.88. The Labute approximate surface area is 128 Å². The maximum atomic E-state index is 9.37. The quantitative estimate of drug-likeness (QED) is 0.717. The molecule has 1 heterocycles. The topological polar surface area (TPSA) is 28.7 Å². The fourth-order valence-corrected chi connectivity index (χ4v) is 2.33. The number of benzene rings is 1. The third kappa shape index (κ3) is 2.75. The van der Waals surface area contributed by atoms with E-state index in [4.69, 9.17) is 23.2 Å². The molecular formula is C16H14Cl2N2. The van der Waals surface area contributed by atoms with Crippen molar-refractivity contribution in [2.24, 2.45) is 7.05 Å². The van der Waals surface area contributed by atoms with E-state index in [0.29, 0.717) is 15.6 Å². The molecule has 0 radical (unpaired) electrons. The fourth-order valence-electron chi connectivity index (χ4n) is 2.03. The van der Waals surface area contributed by atoms with Crippen molar-refractivity contribution in [3.8, 4) is 6.07 Å². The first-order valence-electron chi connectivity index (χ1n) is 6.14. The van der Waals surface area contributed by atoms with Crippen LogP contribution in [0.15, 0.2) is 24.3 Å². The zero-order valence-corrected chi connectivity index (χ0v) is 13.0. The summed E-state index contributed by atoms with van der Waals surface area (Å²) < 4.78 is 2.09. The van der Waals surface area contributed by atoms with Crippen molar-refractivity contribution < 1.29 is 0 Å². The van der Waals surface area contributed by atoms with Crippen molar-refractivity contribution >= 4 is 34.9 Å². The predicted octanol–water partition coefficient (Wildman–Crippen LogP) is 5.01. The molecule has 102 valence electrons. The van der Waals surface area contributed by atoms with E-state index in [2.05, 4.69) is 16.7 Å². The first-order valence-corrected chi connectivity index (χ1v) is 6.89. The molecule has 0 fully saturated rings. The van der Waals surface area contributed by atoms with Crippen molar-refractivity contribution in [3.05, 3.63) is 56.8 Å². The second kappa shape index (κ2) is 5.75. The number of aromatic nitrogens is 1. The van der Waals surface area contributed by atoms with Crippen LogP contribution in [0, 0.1) is 25.2 Å². The van der Waals surface area contributed by atoms with Gasteiger partial charge < -0.3 is 4.57 Å². The van der Waals surface area contributed by atoms with Crippen LogP contribution in [0.25, 0.3) is 11.6 Å². The van der Waals surface area contributed by atoms with Gasteiger partial charge in [0.2, 0.25) is 0 Å². The summed E-state index contributed by atoms with van der Waals surface area (Å²) in [5.41, 5.74) is 4.64. The lowest BCUT2D eigenvalue weighted by Gasteiger charge is -2.03. The van der Waals surface area contributed by atoms with Gasteiger partial charge in [0, 0.05) is 18.4 Å². The van der Waals surface area contributed by atoms with Crippen LogP contribution in [0.5, 0.6) is 0 Å². The van der Waals surface area contributed by atoms with Gasteiger partial charge in [-0.05, 0) is 49.2 Å². The highest BCUT2D eigenvalue weighted by Gasteiger charge is 2.08. The van der Waals surface area contributed by atoms with Gasteiger partial charge in [0.05, 0.1) is 21.7 Å². The molecule has 0 unspecified atom stereocenters. The first-order chi connectivity index (χ1) is 9.43. The minimum absolute atomic E-state index is 0.450. The number of halogens is 2. The van der Waals surface area contributed by atoms with Crippen LogP contribution in [-0.4, -0.2) is 4.57 Å². The molecule has 0 bridgehead atoms. The minimum atomic E-state index is 0.450. The molecule has 0 spiro atoms. The SMILES string of the molecule is Cc1cc(/C=C(\C#N)c2ccc(Cl)c(Cl)c2)c(C)n1C. The summed E-state index contributed by atoms with van der Waals surface area (Å²) in [5.74, 6) is 0. The van der Waals surface area contributed by atoms with E-state index in [-0.39, 0.29) is 0 Å². The van der Waals surface area contributed by atoms with Crippen LogP contribution < -0.4 is 0 Å². The normalized spacial score (nSPS) is 11.5. The zero-order valence-electron chi connectivity index (χ0n) is 11.5. The van der Waals surface area contributed by atoms with Crippen LogP contribution in [0.1, 0.15) is 22.5 Å². The highest BCUT2D eigenvalue weighted by atomic mass is 35.5. The van der Waals surface area contributed by atoms with Gasteiger partial charge in [0.25, 0.3) is 0 Å². The van der Waals surface area contributed by atoms with Crippen LogP contribution in [0.4, 0.5) is 0 Å². The van der Waals surface area contributed by atoms with Crippen LogP contribution in [0.3, 0.4) is 0 Å². The fraction of sp³-hybridized carbons (Fsp3) is 0.188. The maximum absolute atomic E-state index is 9.37. The summed E-state index contributed by atoms with van der Waals surface area (Å²) in [6, 6.07) is 9.49. The lowest BCUT2D eigenvalue weighted by molar-refractivity contribution is 0.843. The number of allylic oxidation sites excluding steroid dienone is 1. The van der Waals surface area contributed by atoms with E-state index < -0.39 is 0 Å². The third-order valence-corrected chi connectivity index (χ3v) is 4.20. The number of rotatable bonds is 2. The standard InChI is InChI=1S/C16H14Cl2N2/c1-10-6-13(11(2)20(10)3)7-14(9-19)12-4-5-15(17)16(18)8-12/h4-8H,1-3H3/b14-7+. The average molecular weight is 305 g/mol. The Morgan fingerprint density at radius 3 is 2.40 bits per heavy atom. The van der Waals surface area contributed by atoms with Gasteiger partial charge in [-0.15, -0.1) is 0 Å². The van der Waals surface area contributed by atoms with Crippen molar-refractivity contribution in [1.82, 2.24) is 4.57 Å². The zero-order chi connectivity index (χ0) is 14.9. The molecule has 0 aliphatic carbocycles. The molecule has 2 rings (SSSR count). The monoisotopic (exact) mass is 304 g/mol. The molecule has 0 saturated carbocycles. The Hall–Kier alpha value is -1.69. The van der Waals surface area contributed by atoms with Gasteiger partial charge in [-0.25, -0.2) is 0 Å². The summed E-state index contributed by atoms with van der Waals surface area (Å²) in [7, 11) is 2.01. The van der Waals surface area contributed by atoms with Gasteiger partial charge in [-0.3, -0.25) is 0 Å².